The molecule has 0 saturated heterocycles. The van der Waals surface area contributed by atoms with Crippen molar-refractivity contribution in [3.8, 4) is 11.1 Å². The molecule has 0 saturated carbocycles. The molecule has 1 heterocycles. The summed E-state index contributed by atoms with van der Waals surface area (Å²) < 4.78 is 0. The minimum Gasteiger partial charge on any atom is -0.372 e. The van der Waals surface area contributed by atoms with Gasteiger partial charge in [0.15, 0.2) is 5.60 Å². The molecule has 1 atom stereocenters. The zero-order valence-electron chi connectivity index (χ0n) is 12.4. The lowest BCUT2D eigenvalue weighted by atomic mass is 9.81. The first-order valence-corrected chi connectivity index (χ1v) is 7.21. The summed E-state index contributed by atoms with van der Waals surface area (Å²) in [6, 6.07) is 19.6. The van der Waals surface area contributed by atoms with Gasteiger partial charge in [0.05, 0.1) is 0 Å². The van der Waals surface area contributed by atoms with Gasteiger partial charge in [-0.15, -0.1) is 0 Å². The second-order valence-electron chi connectivity index (χ2n) is 5.22. The summed E-state index contributed by atoms with van der Waals surface area (Å²) in [5.41, 5.74) is 6.16. The molecule has 1 amide bonds. The minimum atomic E-state index is -1.90. The van der Waals surface area contributed by atoms with Crippen LogP contribution in [0, 0.1) is 0 Å². The van der Waals surface area contributed by atoms with Gasteiger partial charge in [-0.05, 0) is 28.8 Å². The molecule has 3 N–H and O–H groups in total. The number of nitrogens with two attached hydrogens (primary N) is 1. The van der Waals surface area contributed by atoms with E-state index < -0.39 is 11.5 Å². The van der Waals surface area contributed by atoms with Crippen molar-refractivity contribution in [1.82, 2.24) is 4.98 Å². The second kappa shape index (κ2) is 6.02. The predicted molar refractivity (Wildman–Crippen MR) is 88.3 cm³/mol. The normalized spacial score (nSPS) is 13.3. The van der Waals surface area contributed by atoms with Crippen LogP contribution in [0.3, 0.4) is 0 Å². The SMILES string of the molecule is NC(=O)C(O)(c1ccccc1)c1ccccc1-c1ccncc1. The molecule has 114 valence electrons. The van der Waals surface area contributed by atoms with Crippen molar-refractivity contribution in [1.29, 1.82) is 0 Å². The number of aliphatic hydroxyl groups is 1. The predicted octanol–water partition coefficient (Wildman–Crippen LogP) is 2.47. The van der Waals surface area contributed by atoms with E-state index in [0.717, 1.165) is 11.1 Å². The number of nitrogens with zero attached hydrogens (tertiary/aromatic N) is 1. The first-order valence-electron chi connectivity index (χ1n) is 7.21. The summed E-state index contributed by atoms with van der Waals surface area (Å²) in [7, 11) is 0. The number of pyridine rings is 1. The topological polar surface area (TPSA) is 76.2 Å². The van der Waals surface area contributed by atoms with E-state index in [1.165, 1.54) is 0 Å². The van der Waals surface area contributed by atoms with Gasteiger partial charge in [0, 0.05) is 18.0 Å². The Labute approximate surface area is 134 Å². The standard InChI is InChI=1S/C19H16N2O2/c20-18(22)19(23,15-6-2-1-3-7-15)17-9-5-4-8-16(17)14-10-12-21-13-11-14/h1-13,23H,(H2,20,22). The van der Waals surface area contributed by atoms with Crippen molar-refractivity contribution in [3.05, 3.63) is 90.3 Å². The first-order chi connectivity index (χ1) is 11.1. The van der Waals surface area contributed by atoms with Crippen LogP contribution in [-0.4, -0.2) is 16.0 Å². The van der Waals surface area contributed by atoms with E-state index in [1.807, 2.05) is 30.3 Å². The summed E-state index contributed by atoms with van der Waals surface area (Å²) >= 11 is 0. The van der Waals surface area contributed by atoms with Crippen LogP contribution in [-0.2, 0) is 10.4 Å². The summed E-state index contributed by atoms with van der Waals surface area (Å²) in [5.74, 6) is -0.815. The maximum Gasteiger partial charge on any atom is 0.258 e. The Kier molecular flexibility index (Phi) is 3.91. The maximum atomic E-state index is 12.2. The Morgan fingerprint density at radius 2 is 1.52 bits per heavy atom. The smallest absolute Gasteiger partial charge is 0.258 e. The van der Waals surface area contributed by atoms with E-state index in [-0.39, 0.29) is 0 Å². The summed E-state index contributed by atoms with van der Waals surface area (Å²) in [6.45, 7) is 0. The fourth-order valence-corrected chi connectivity index (χ4v) is 2.69. The molecule has 0 bridgehead atoms. The van der Waals surface area contributed by atoms with Crippen LogP contribution in [0.2, 0.25) is 0 Å². The Bertz CT molecular complexity index is 819. The number of carbonyl (C=O) groups is 1. The highest BCUT2D eigenvalue weighted by Gasteiger charge is 2.39. The number of benzene rings is 2. The molecule has 1 aromatic heterocycles. The molecular formula is C19H16N2O2. The van der Waals surface area contributed by atoms with Crippen molar-refractivity contribution in [2.45, 2.75) is 5.60 Å². The average molecular weight is 304 g/mol. The highest BCUT2D eigenvalue weighted by atomic mass is 16.3. The zero-order chi connectivity index (χ0) is 16.3. The molecular weight excluding hydrogens is 288 g/mol. The third-order valence-electron chi connectivity index (χ3n) is 3.86. The molecule has 1 unspecified atom stereocenters. The summed E-state index contributed by atoms with van der Waals surface area (Å²) in [4.78, 5) is 16.2. The van der Waals surface area contributed by atoms with Crippen molar-refractivity contribution in [2.75, 3.05) is 0 Å². The lowest BCUT2D eigenvalue weighted by Crippen LogP contribution is -2.42. The van der Waals surface area contributed by atoms with Gasteiger partial charge in [-0.2, -0.15) is 0 Å². The molecule has 0 aliphatic rings. The Morgan fingerprint density at radius 1 is 0.913 bits per heavy atom. The molecule has 0 spiro atoms. The lowest BCUT2D eigenvalue weighted by Gasteiger charge is -2.28. The van der Waals surface area contributed by atoms with E-state index in [9.17, 15) is 9.90 Å². The van der Waals surface area contributed by atoms with Gasteiger partial charge in [0.2, 0.25) is 0 Å². The van der Waals surface area contributed by atoms with E-state index in [1.54, 1.807) is 48.8 Å². The molecule has 0 aliphatic carbocycles. The quantitative estimate of drug-likeness (QED) is 0.777. The Morgan fingerprint density at radius 3 is 2.17 bits per heavy atom. The third kappa shape index (κ3) is 2.60. The number of amides is 1. The molecule has 0 radical (unpaired) electrons. The number of primary amides is 1. The van der Waals surface area contributed by atoms with Crippen LogP contribution in [0.1, 0.15) is 11.1 Å². The van der Waals surface area contributed by atoms with Crippen LogP contribution < -0.4 is 5.73 Å². The fourth-order valence-electron chi connectivity index (χ4n) is 2.69. The molecule has 4 heteroatoms. The third-order valence-corrected chi connectivity index (χ3v) is 3.86. The number of carbonyl (C=O) groups excluding carboxylic acids is 1. The van der Waals surface area contributed by atoms with Gasteiger partial charge in [-0.1, -0.05) is 54.6 Å². The number of hydrogen-bond acceptors (Lipinski definition) is 3. The number of hydrogen-bond donors (Lipinski definition) is 2. The molecule has 23 heavy (non-hydrogen) atoms. The molecule has 3 rings (SSSR count). The summed E-state index contributed by atoms with van der Waals surface area (Å²) in [5, 5.41) is 11.2. The van der Waals surface area contributed by atoms with Gasteiger partial charge in [0.1, 0.15) is 0 Å². The molecule has 4 nitrogen and oxygen atoms in total. The van der Waals surface area contributed by atoms with E-state index >= 15 is 0 Å². The number of aromatic nitrogens is 1. The van der Waals surface area contributed by atoms with Crippen molar-refractivity contribution in [2.24, 2.45) is 5.73 Å². The van der Waals surface area contributed by atoms with E-state index in [0.29, 0.717) is 11.1 Å². The maximum absolute atomic E-state index is 12.2. The van der Waals surface area contributed by atoms with Crippen molar-refractivity contribution < 1.29 is 9.90 Å². The summed E-state index contributed by atoms with van der Waals surface area (Å²) in [6.07, 6.45) is 3.33. The van der Waals surface area contributed by atoms with Gasteiger partial charge in [0.25, 0.3) is 5.91 Å². The second-order valence-corrected chi connectivity index (χ2v) is 5.22. The highest BCUT2D eigenvalue weighted by molar-refractivity contribution is 5.91. The molecule has 2 aromatic carbocycles. The average Bonchev–Trinajstić information content (AvgIpc) is 2.62. The molecule has 3 aromatic rings. The largest absolute Gasteiger partial charge is 0.372 e. The van der Waals surface area contributed by atoms with E-state index in [4.69, 9.17) is 5.73 Å². The monoisotopic (exact) mass is 304 g/mol. The first kappa shape index (κ1) is 14.9. The van der Waals surface area contributed by atoms with Crippen LogP contribution in [0.25, 0.3) is 11.1 Å². The Hall–Kier alpha value is -2.98. The fraction of sp³-hybridized carbons (Fsp3) is 0.0526. The van der Waals surface area contributed by atoms with Crippen molar-refractivity contribution >= 4 is 5.91 Å². The zero-order valence-corrected chi connectivity index (χ0v) is 12.4. The molecule has 0 fully saturated rings. The van der Waals surface area contributed by atoms with Crippen LogP contribution >= 0.6 is 0 Å². The lowest BCUT2D eigenvalue weighted by molar-refractivity contribution is -0.133. The van der Waals surface area contributed by atoms with E-state index in [2.05, 4.69) is 4.98 Å². The van der Waals surface area contributed by atoms with Crippen LogP contribution in [0.4, 0.5) is 0 Å². The van der Waals surface area contributed by atoms with Crippen molar-refractivity contribution in [3.63, 3.8) is 0 Å². The Balaban J connectivity index is 2.26. The minimum absolute atomic E-state index is 0.439. The van der Waals surface area contributed by atoms with Gasteiger partial charge in [-0.25, -0.2) is 0 Å². The van der Waals surface area contributed by atoms with Gasteiger partial charge < -0.3 is 10.8 Å². The van der Waals surface area contributed by atoms with Gasteiger partial charge >= 0.3 is 0 Å². The van der Waals surface area contributed by atoms with Gasteiger partial charge in [-0.3, -0.25) is 9.78 Å². The van der Waals surface area contributed by atoms with Crippen LogP contribution in [0.5, 0.6) is 0 Å². The van der Waals surface area contributed by atoms with Crippen LogP contribution in [0.15, 0.2) is 79.1 Å². The highest BCUT2D eigenvalue weighted by Crippen LogP contribution is 2.36. The number of rotatable bonds is 4. The molecule has 0 aliphatic heterocycles.